The smallest absolute Gasteiger partial charge is 0.270 e. The van der Waals surface area contributed by atoms with Crippen LogP contribution in [0.4, 0.5) is 0 Å². The van der Waals surface area contributed by atoms with Gasteiger partial charge in [0, 0.05) is 30.9 Å². The van der Waals surface area contributed by atoms with Crippen LogP contribution < -0.4 is 5.73 Å². The first-order valence-corrected chi connectivity index (χ1v) is 17.2. The van der Waals surface area contributed by atoms with Gasteiger partial charge in [-0.2, -0.15) is 0 Å². The minimum Gasteiger partial charge on any atom is -0.394 e. The zero-order valence-corrected chi connectivity index (χ0v) is 28.9. The van der Waals surface area contributed by atoms with E-state index in [0.29, 0.717) is 11.6 Å². The Balaban J connectivity index is 0.000000622. The van der Waals surface area contributed by atoms with Gasteiger partial charge in [-0.3, -0.25) is 9.79 Å². The van der Waals surface area contributed by atoms with E-state index in [1.165, 1.54) is 56.1 Å². The van der Waals surface area contributed by atoms with Crippen molar-refractivity contribution in [2.45, 2.75) is 145 Å². The summed E-state index contributed by atoms with van der Waals surface area (Å²) in [5.74, 6) is 1.70. The summed E-state index contributed by atoms with van der Waals surface area (Å²) in [6, 6.07) is 8.63. The molecule has 1 aliphatic carbocycles. The molecule has 1 aromatic carbocycles. The number of rotatable bonds is 9. The number of benzene rings is 1. The molecule has 0 bridgehead atoms. The van der Waals surface area contributed by atoms with Crippen LogP contribution in [-0.2, 0) is 4.79 Å². The van der Waals surface area contributed by atoms with Gasteiger partial charge in [0.2, 0.25) is 0 Å². The van der Waals surface area contributed by atoms with Gasteiger partial charge in [-0.25, -0.2) is 0 Å². The molecule has 2 N–H and O–H groups in total. The Morgan fingerprint density at radius 2 is 1.60 bits per heavy atom. The van der Waals surface area contributed by atoms with Crippen molar-refractivity contribution in [3.05, 3.63) is 59.3 Å². The number of carbonyl (C=O) groups excluding carboxylic acids is 1. The van der Waals surface area contributed by atoms with Gasteiger partial charge in [0.05, 0.1) is 0 Å². The van der Waals surface area contributed by atoms with Crippen LogP contribution >= 0.6 is 0 Å². The summed E-state index contributed by atoms with van der Waals surface area (Å²) in [4.78, 5) is 18.9. The molecule has 42 heavy (non-hydrogen) atoms. The molecule has 0 spiro atoms. The topological polar surface area (TPSA) is 58.7 Å². The van der Waals surface area contributed by atoms with Crippen LogP contribution in [-0.4, -0.2) is 36.2 Å². The lowest BCUT2D eigenvalue weighted by Gasteiger charge is -2.28. The molecule has 2 unspecified atom stereocenters. The number of hydrogen-bond donors (Lipinski definition) is 1. The van der Waals surface area contributed by atoms with E-state index in [0.717, 1.165) is 75.4 Å². The van der Waals surface area contributed by atoms with Crippen molar-refractivity contribution in [1.82, 2.24) is 4.90 Å². The molecular weight excluding hydrogens is 514 g/mol. The largest absolute Gasteiger partial charge is 0.394 e. The van der Waals surface area contributed by atoms with E-state index >= 15 is 0 Å². The average molecular weight is 582 g/mol. The number of likely N-dealkylation sites (tertiary alicyclic amines) is 1. The number of amides is 1. The Hall–Kier alpha value is -2.36. The first-order valence-electron chi connectivity index (χ1n) is 17.2. The number of aliphatic imine (C=N–C) groups is 1. The number of nitrogens with zero attached hydrogens (tertiary/aromatic N) is 2. The number of nitrogens with two attached hydrogens (primary N) is 1. The molecule has 2 aliphatic rings. The third kappa shape index (κ3) is 16.3. The second-order valence-corrected chi connectivity index (χ2v) is 12.0. The van der Waals surface area contributed by atoms with Crippen LogP contribution in [0.25, 0.3) is 0 Å². The van der Waals surface area contributed by atoms with Crippen LogP contribution in [0.3, 0.4) is 0 Å². The van der Waals surface area contributed by atoms with Crippen molar-refractivity contribution in [2.75, 3.05) is 19.6 Å². The lowest BCUT2D eigenvalue weighted by atomic mass is 9.90. The molecular formula is C38H67N3O. The molecule has 2 atom stereocenters. The third-order valence-corrected chi connectivity index (χ3v) is 8.15. The van der Waals surface area contributed by atoms with Crippen molar-refractivity contribution < 1.29 is 4.79 Å². The molecule has 2 fully saturated rings. The van der Waals surface area contributed by atoms with Crippen molar-refractivity contribution in [3.63, 3.8) is 0 Å². The molecule has 240 valence electrons. The van der Waals surface area contributed by atoms with Gasteiger partial charge in [-0.15, -0.1) is 6.58 Å². The van der Waals surface area contributed by atoms with Crippen molar-refractivity contribution in [1.29, 1.82) is 0 Å². The van der Waals surface area contributed by atoms with Crippen molar-refractivity contribution in [3.8, 4) is 0 Å². The number of carbonyl (C=O) groups is 1. The average Bonchev–Trinajstić information content (AvgIpc) is 3.01. The number of unbranched alkanes of at least 4 members (excludes halogenated alkanes) is 1. The summed E-state index contributed by atoms with van der Waals surface area (Å²) < 4.78 is 0. The Morgan fingerprint density at radius 1 is 0.976 bits per heavy atom. The highest BCUT2D eigenvalue weighted by Crippen LogP contribution is 2.24. The first kappa shape index (κ1) is 39.6. The summed E-state index contributed by atoms with van der Waals surface area (Å²) in [5, 5.41) is 0. The zero-order chi connectivity index (χ0) is 31.8. The Labute approximate surface area is 261 Å². The van der Waals surface area contributed by atoms with Crippen LogP contribution in [0.5, 0.6) is 0 Å². The van der Waals surface area contributed by atoms with Gasteiger partial charge in [0.15, 0.2) is 0 Å². The molecule has 1 aliphatic heterocycles. The molecule has 4 heteroatoms. The fourth-order valence-corrected chi connectivity index (χ4v) is 5.49. The predicted molar refractivity (Wildman–Crippen MR) is 187 cm³/mol. The highest BCUT2D eigenvalue weighted by molar-refractivity contribution is 6.08. The lowest BCUT2D eigenvalue weighted by Crippen LogP contribution is -2.39. The first-order chi connectivity index (χ1) is 20.2. The summed E-state index contributed by atoms with van der Waals surface area (Å²) in [6.07, 6.45) is 17.5. The summed E-state index contributed by atoms with van der Waals surface area (Å²) in [5.41, 5.74) is 11.6. The number of hydrogen-bond acceptors (Lipinski definition) is 3. The molecule has 4 nitrogen and oxygen atoms in total. The fourth-order valence-electron chi connectivity index (χ4n) is 5.49. The minimum atomic E-state index is 0.0282. The second kappa shape index (κ2) is 25.2. The van der Waals surface area contributed by atoms with E-state index in [2.05, 4.69) is 77.4 Å². The van der Waals surface area contributed by atoms with E-state index in [9.17, 15) is 4.79 Å². The molecule has 0 radical (unpaired) electrons. The van der Waals surface area contributed by atoms with Gasteiger partial charge < -0.3 is 10.6 Å². The lowest BCUT2D eigenvalue weighted by molar-refractivity contribution is -0.128. The highest BCUT2D eigenvalue weighted by atomic mass is 16.2. The van der Waals surface area contributed by atoms with E-state index < -0.39 is 0 Å². The van der Waals surface area contributed by atoms with Crippen LogP contribution in [0.1, 0.15) is 149 Å². The van der Waals surface area contributed by atoms with E-state index in [1.54, 1.807) is 6.08 Å². The number of allylic oxidation sites excluding steroid dienone is 2. The van der Waals surface area contributed by atoms with Gasteiger partial charge in [-0.1, -0.05) is 97.1 Å². The maximum atomic E-state index is 12.4. The molecule has 3 rings (SSSR count). The Bertz CT molecular complexity index is 911. The molecule has 1 aromatic rings. The predicted octanol–water partition coefficient (Wildman–Crippen LogP) is 10.6. The van der Waals surface area contributed by atoms with Crippen molar-refractivity contribution >= 4 is 11.6 Å². The van der Waals surface area contributed by atoms with Crippen molar-refractivity contribution in [2.24, 2.45) is 16.6 Å². The zero-order valence-electron chi connectivity index (χ0n) is 28.9. The summed E-state index contributed by atoms with van der Waals surface area (Å²) >= 11 is 0. The van der Waals surface area contributed by atoms with Crippen LogP contribution in [0.2, 0.25) is 0 Å². The van der Waals surface area contributed by atoms with Gasteiger partial charge >= 0.3 is 0 Å². The standard InChI is InChI=1S/C15H25N3O.C11H16.C9H20.C3H6/c1-2-17-13-9-5-4-8-12(13)14(16)15(19)18-10-6-3-7-11-18;1-4-9(2)11-8-6-5-7-10(11)3;1-4-6-8-9(3)7-5-2;1-3-2/h2-11,16H2,1H3;5-9H,4H2,1-3H3;9H,4-8H2,1-3H3;3H,1H2,2H3/b14-12-,17-13?;;;. The molecule has 1 amide bonds. The van der Waals surface area contributed by atoms with Gasteiger partial charge in [0.1, 0.15) is 5.70 Å². The normalized spacial score (nSPS) is 18.2. The third-order valence-electron chi connectivity index (χ3n) is 8.15. The maximum absolute atomic E-state index is 12.4. The van der Waals surface area contributed by atoms with E-state index in [-0.39, 0.29) is 5.91 Å². The fraction of sp³-hybridized carbons (Fsp3) is 0.684. The summed E-state index contributed by atoms with van der Waals surface area (Å²) in [6.45, 7) is 23.3. The minimum absolute atomic E-state index is 0.0282. The molecule has 1 heterocycles. The molecule has 0 aromatic heterocycles. The van der Waals surface area contributed by atoms with Gasteiger partial charge in [0.25, 0.3) is 5.91 Å². The quantitative estimate of drug-likeness (QED) is 0.233. The monoisotopic (exact) mass is 582 g/mol. The highest BCUT2D eigenvalue weighted by Gasteiger charge is 2.24. The SMILES string of the molecule is C=CC.CCC(C)c1ccccc1C.CCCCC(C)CCC.CCN=C1CCCC/C1=C(/N)C(=O)N1CCCCC1. The van der Waals surface area contributed by atoms with Gasteiger partial charge in [-0.05, 0) is 95.1 Å². The second-order valence-electron chi connectivity index (χ2n) is 12.0. The maximum Gasteiger partial charge on any atom is 0.270 e. The van der Waals surface area contributed by atoms with E-state index in [4.69, 9.17) is 5.73 Å². The Kier molecular flexibility index (Phi) is 23.8. The number of aryl methyl sites for hydroxylation is 1. The molecule has 1 saturated carbocycles. The molecule has 1 saturated heterocycles. The Morgan fingerprint density at radius 3 is 2.14 bits per heavy atom. The number of piperidine rings is 1. The summed E-state index contributed by atoms with van der Waals surface area (Å²) in [7, 11) is 0. The van der Waals surface area contributed by atoms with Crippen LogP contribution in [0.15, 0.2) is 53.2 Å². The van der Waals surface area contributed by atoms with E-state index in [1.807, 2.05) is 18.7 Å². The van der Waals surface area contributed by atoms with Crippen LogP contribution in [0, 0.1) is 12.8 Å².